The van der Waals surface area contributed by atoms with Gasteiger partial charge in [0, 0.05) is 6.04 Å². The number of nitrogen functional groups attached to an aromatic ring is 1. The third-order valence-corrected chi connectivity index (χ3v) is 4.74. The number of nitrogens with one attached hydrogen (secondary N) is 1. The molecule has 1 saturated carbocycles. The van der Waals surface area contributed by atoms with Crippen molar-refractivity contribution in [3.63, 3.8) is 0 Å². The molecule has 0 spiro atoms. The average molecular weight is 297 g/mol. The molecule has 0 amide bonds. The second-order valence-electron chi connectivity index (χ2n) is 5.20. The Morgan fingerprint density at radius 2 is 2.20 bits per heavy atom. The fourth-order valence-electron chi connectivity index (χ4n) is 2.86. The third-order valence-electron chi connectivity index (χ3n) is 3.95. The van der Waals surface area contributed by atoms with Gasteiger partial charge in [-0.2, -0.15) is 4.37 Å². The lowest BCUT2D eigenvalue weighted by atomic mass is 9.83. The summed E-state index contributed by atoms with van der Waals surface area (Å²) in [6.07, 6.45) is 6.07. The minimum Gasteiger partial charge on any atom is -0.462 e. The third kappa shape index (κ3) is 3.23. The number of carbonyl (C=O) groups excluding carboxylic acids is 1. The fourth-order valence-corrected chi connectivity index (χ4v) is 3.62. The van der Waals surface area contributed by atoms with Crippen LogP contribution in [0.1, 0.15) is 56.3 Å². The number of aromatic nitrogens is 1. The van der Waals surface area contributed by atoms with Crippen molar-refractivity contribution >= 4 is 28.3 Å². The van der Waals surface area contributed by atoms with E-state index in [2.05, 4.69) is 16.6 Å². The van der Waals surface area contributed by atoms with Crippen molar-refractivity contribution in [3.05, 3.63) is 5.56 Å². The van der Waals surface area contributed by atoms with Gasteiger partial charge in [0.25, 0.3) is 0 Å². The Morgan fingerprint density at radius 1 is 1.45 bits per heavy atom. The summed E-state index contributed by atoms with van der Waals surface area (Å²) in [6.45, 7) is 4.35. The van der Waals surface area contributed by atoms with Crippen LogP contribution in [0.4, 0.5) is 10.8 Å². The molecule has 112 valence electrons. The summed E-state index contributed by atoms with van der Waals surface area (Å²) in [6, 6.07) is 0.404. The van der Waals surface area contributed by atoms with Crippen molar-refractivity contribution in [1.82, 2.24) is 4.37 Å². The Morgan fingerprint density at radius 3 is 2.90 bits per heavy atom. The number of rotatable bonds is 5. The van der Waals surface area contributed by atoms with Crippen molar-refractivity contribution in [2.24, 2.45) is 5.92 Å². The van der Waals surface area contributed by atoms with Crippen LogP contribution in [0.25, 0.3) is 0 Å². The minimum atomic E-state index is -0.384. The lowest BCUT2D eigenvalue weighted by Crippen LogP contribution is -2.32. The molecule has 6 heteroatoms. The quantitative estimate of drug-likeness (QED) is 0.816. The van der Waals surface area contributed by atoms with Crippen LogP contribution in [0.15, 0.2) is 0 Å². The van der Waals surface area contributed by atoms with Gasteiger partial charge in [-0.1, -0.05) is 26.2 Å². The Bertz CT molecular complexity index is 461. The first kappa shape index (κ1) is 15.1. The number of nitrogens with two attached hydrogens (primary N) is 1. The molecule has 1 heterocycles. The van der Waals surface area contributed by atoms with E-state index in [0.29, 0.717) is 24.1 Å². The minimum absolute atomic E-state index is 0.264. The van der Waals surface area contributed by atoms with Crippen molar-refractivity contribution in [2.45, 2.75) is 52.0 Å². The molecule has 1 aliphatic rings. The van der Waals surface area contributed by atoms with E-state index in [9.17, 15) is 4.79 Å². The molecule has 0 bridgehead atoms. The zero-order chi connectivity index (χ0) is 14.5. The summed E-state index contributed by atoms with van der Waals surface area (Å²) in [5.41, 5.74) is 6.20. The van der Waals surface area contributed by atoms with Crippen LogP contribution in [-0.4, -0.2) is 23.0 Å². The molecule has 0 aromatic carbocycles. The van der Waals surface area contributed by atoms with Gasteiger partial charge in [-0.05, 0) is 37.2 Å². The first-order valence-corrected chi connectivity index (χ1v) is 8.13. The average Bonchev–Trinajstić information content (AvgIpc) is 2.80. The summed E-state index contributed by atoms with van der Waals surface area (Å²) in [4.78, 5) is 12.0. The number of anilines is 2. The predicted molar refractivity (Wildman–Crippen MR) is 82.1 cm³/mol. The Balaban J connectivity index is 2.14. The first-order chi connectivity index (χ1) is 9.67. The number of nitrogens with zero attached hydrogens (tertiary/aromatic N) is 1. The van der Waals surface area contributed by atoms with Gasteiger partial charge in [0.15, 0.2) is 5.82 Å². The molecule has 1 aromatic rings. The van der Waals surface area contributed by atoms with Gasteiger partial charge >= 0.3 is 5.97 Å². The Kier molecular flexibility index (Phi) is 5.23. The molecular formula is C14H23N3O2S. The molecule has 2 unspecified atom stereocenters. The normalized spacial score (nSPS) is 22.5. The van der Waals surface area contributed by atoms with Crippen LogP contribution in [-0.2, 0) is 4.74 Å². The maximum Gasteiger partial charge on any atom is 0.344 e. The highest BCUT2D eigenvalue weighted by atomic mass is 32.1. The van der Waals surface area contributed by atoms with Crippen LogP contribution < -0.4 is 11.1 Å². The van der Waals surface area contributed by atoms with Gasteiger partial charge in [0.2, 0.25) is 0 Å². The van der Waals surface area contributed by atoms with E-state index < -0.39 is 0 Å². The van der Waals surface area contributed by atoms with Gasteiger partial charge in [-0.15, -0.1) is 0 Å². The molecule has 1 aliphatic carbocycles. The molecule has 0 aliphatic heterocycles. The molecule has 1 aromatic heterocycles. The Labute approximate surface area is 124 Å². The SMILES string of the molecule is CCOC(=O)c1c(N)nsc1NC1CCCCC1CC. The van der Waals surface area contributed by atoms with Crippen molar-refractivity contribution in [3.8, 4) is 0 Å². The fraction of sp³-hybridized carbons (Fsp3) is 0.714. The van der Waals surface area contributed by atoms with E-state index in [-0.39, 0.29) is 11.8 Å². The topological polar surface area (TPSA) is 77.2 Å². The molecule has 0 saturated heterocycles. The smallest absolute Gasteiger partial charge is 0.344 e. The number of ether oxygens (including phenoxy) is 1. The van der Waals surface area contributed by atoms with E-state index in [1.807, 2.05) is 0 Å². The largest absolute Gasteiger partial charge is 0.462 e. The maximum absolute atomic E-state index is 12.0. The second kappa shape index (κ2) is 6.92. The van der Waals surface area contributed by atoms with Crippen LogP contribution in [0.2, 0.25) is 0 Å². The van der Waals surface area contributed by atoms with Crippen molar-refractivity contribution in [2.75, 3.05) is 17.7 Å². The van der Waals surface area contributed by atoms with Gasteiger partial charge in [0.1, 0.15) is 10.6 Å². The zero-order valence-corrected chi connectivity index (χ0v) is 13.0. The predicted octanol–water partition coefficient (Wildman–Crippen LogP) is 3.28. The molecule has 0 radical (unpaired) electrons. The molecule has 1 fully saturated rings. The second-order valence-corrected chi connectivity index (χ2v) is 5.97. The van der Waals surface area contributed by atoms with E-state index >= 15 is 0 Å². The molecular weight excluding hydrogens is 274 g/mol. The molecule has 5 nitrogen and oxygen atoms in total. The number of hydrogen-bond donors (Lipinski definition) is 2. The molecule has 2 atom stereocenters. The monoisotopic (exact) mass is 297 g/mol. The van der Waals surface area contributed by atoms with E-state index in [1.165, 1.54) is 30.8 Å². The van der Waals surface area contributed by atoms with Gasteiger partial charge < -0.3 is 15.8 Å². The first-order valence-electron chi connectivity index (χ1n) is 7.36. The summed E-state index contributed by atoms with van der Waals surface area (Å²) >= 11 is 1.25. The van der Waals surface area contributed by atoms with Crippen LogP contribution in [0.5, 0.6) is 0 Å². The highest BCUT2D eigenvalue weighted by Gasteiger charge is 2.27. The highest BCUT2D eigenvalue weighted by Crippen LogP contribution is 2.34. The van der Waals surface area contributed by atoms with E-state index in [4.69, 9.17) is 10.5 Å². The Hall–Kier alpha value is -1.30. The zero-order valence-electron chi connectivity index (χ0n) is 12.1. The summed E-state index contributed by atoms with van der Waals surface area (Å²) in [7, 11) is 0. The molecule has 2 rings (SSSR count). The van der Waals surface area contributed by atoms with Gasteiger partial charge in [-0.3, -0.25) is 0 Å². The molecule has 20 heavy (non-hydrogen) atoms. The van der Waals surface area contributed by atoms with Gasteiger partial charge in [-0.25, -0.2) is 4.79 Å². The van der Waals surface area contributed by atoms with Gasteiger partial charge in [0.05, 0.1) is 6.61 Å². The lowest BCUT2D eigenvalue weighted by Gasteiger charge is -2.31. The maximum atomic E-state index is 12.0. The lowest BCUT2D eigenvalue weighted by molar-refractivity contribution is 0.0529. The number of hydrogen-bond acceptors (Lipinski definition) is 6. The van der Waals surface area contributed by atoms with Crippen molar-refractivity contribution < 1.29 is 9.53 Å². The van der Waals surface area contributed by atoms with Crippen molar-refractivity contribution in [1.29, 1.82) is 0 Å². The summed E-state index contributed by atoms with van der Waals surface area (Å²) in [5.74, 6) is 0.534. The van der Waals surface area contributed by atoms with Crippen LogP contribution in [0.3, 0.4) is 0 Å². The standard InChI is InChI=1S/C14H23N3O2S/c1-3-9-7-5-6-8-10(9)16-13-11(12(15)17-20-13)14(18)19-4-2/h9-10,16H,3-8H2,1-2H3,(H2,15,17). The highest BCUT2D eigenvalue weighted by molar-refractivity contribution is 7.11. The molecule has 3 N–H and O–H groups in total. The summed E-state index contributed by atoms with van der Waals surface area (Å²) in [5, 5.41) is 4.24. The summed E-state index contributed by atoms with van der Waals surface area (Å²) < 4.78 is 9.15. The van der Waals surface area contributed by atoms with E-state index in [0.717, 1.165) is 17.8 Å². The van der Waals surface area contributed by atoms with E-state index in [1.54, 1.807) is 6.92 Å². The number of carbonyl (C=O) groups is 1. The number of esters is 1. The van der Waals surface area contributed by atoms with Crippen LogP contribution in [0, 0.1) is 5.92 Å². The van der Waals surface area contributed by atoms with Crippen LogP contribution >= 0.6 is 11.5 Å².